The van der Waals surface area contributed by atoms with E-state index in [0.29, 0.717) is 37.4 Å². The molecular formula is C29H34N8O8S. The SMILES string of the molecule is COc1ccc(-c2nc(N3CCOCC3)c3sc(CN(C)c4ncc(C(=O)NO[C@@H]5O[C@@H](C)[C@@H](O)[C@@H](O)[C@@H]5O)cn4)cc3n2)cn1. The molecule has 4 aromatic rings. The van der Waals surface area contributed by atoms with Crippen LogP contribution in [-0.2, 0) is 20.9 Å². The Hall–Kier alpha value is -4.10. The number of anilines is 2. The average molecular weight is 655 g/mol. The highest BCUT2D eigenvalue weighted by atomic mass is 32.1. The molecule has 6 rings (SSSR count). The summed E-state index contributed by atoms with van der Waals surface area (Å²) in [7, 11) is 3.41. The highest BCUT2D eigenvalue weighted by Gasteiger charge is 2.43. The maximum atomic E-state index is 12.6. The number of rotatable bonds is 9. The lowest BCUT2D eigenvalue weighted by molar-refractivity contribution is -0.304. The van der Waals surface area contributed by atoms with Gasteiger partial charge in [-0.25, -0.2) is 35.2 Å². The van der Waals surface area contributed by atoms with Crippen molar-refractivity contribution in [1.82, 2.24) is 30.4 Å². The number of morpholine rings is 1. The molecule has 2 saturated heterocycles. The highest BCUT2D eigenvalue weighted by Crippen LogP contribution is 2.35. The van der Waals surface area contributed by atoms with Crippen LogP contribution in [0.15, 0.2) is 36.8 Å². The van der Waals surface area contributed by atoms with Crippen molar-refractivity contribution in [3.63, 3.8) is 0 Å². The molecule has 244 valence electrons. The van der Waals surface area contributed by atoms with Gasteiger partial charge in [0.15, 0.2) is 11.6 Å². The summed E-state index contributed by atoms with van der Waals surface area (Å²) in [6.45, 7) is 4.65. The van der Waals surface area contributed by atoms with Crippen LogP contribution in [0.25, 0.3) is 21.6 Å². The number of nitrogens with one attached hydrogen (secondary N) is 1. The summed E-state index contributed by atoms with van der Waals surface area (Å²) in [4.78, 5) is 45.6. The smallest absolute Gasteiger partial charge is 0.278 e. The molecule has 46 heavy (non-hydrogen) atoms. The van der Waals surface area contributed by atoms with E-state index in [4.69, 9.17) is 29.0 Å². The molecule has 2 fully saturated rings. The van der Waals surface area contributed by atoms with Gasteiger partial charge in [-0.2, -0.15) is 0 Å². The van der Waals surface area contributed by atoms with Crippen molar-refractivity contribution in [2.45, 2.75) is 44.2 Å². The zero-order valence-electron chi connectivity index (χ0n) is 25.3. The van der Waals surface area contributed by atoms with Gasteiger partial charge >= 0.3 is 0 Å². The Balaban J connectivity index is 1.15. The Morgan fingerprint density at radius 1 is 1.09 bits per heavy atom. The number of fused-ring (bicyclic) bond motifs is 1. The maximum Gasteiger partial charge on any atom is 0.278 e. The first-order valence-electron chi connectivity index (χ1n) is 14.5. The van der Waals surface area contributed by atoms with Gasteiger partial charge in [0.2, 0.25) is 18.1 Å². The van der Waals surface area contributed by atoms with E-state index in [9.17, 15) is 20.1 Å². The quantitative estimate of drug-likeness (QED) is 0.182. The predicted octanol–water partition coefficient (Wildman–Crippen LogP) is 0.514. The number of aromatic nitrogens is 5. The maximum absolute atomic E-state index is 12.6. The molecule has 0 aromatic carbocycles. The van der Waals surface area contributed by atoms with E-state index < -0.39 is 36.6 Å². The van der Waals surface area contributed by atoms with Gasteiger partial charge in [-0.1, -0.05) is 0 Å². The van der Waals surface area contributed by atoms with Crippen LogP contribution in [0.2, 0.25) is 0 Å². The Labute approximate surface area is 267 Å². The Kier molecular flexibility index (Phi) is 9.50. The molecule has 2 aliphatic heterocycles. The van der Waals surface area contributed by atoms with Crippen molar-refractivity contribution in [3.05, 3.63) is 47.2 Å². The third kappa shape index (κ3) is 6.70. The summed E-state index contributed by atoms with van der Waals surface area (Å²) in [6.07, 6.45) is -2.14. The third-order valence-electron chi connectivity index (χ3n) is 7.63. The number of ether oxygens (including phenoxy) is 3. The van der Waals surface area contributed by atoms with Gasteiger partial charge in [0.1, 0.15) is 18.3 Å². The summed E-state index contributed by atoms with van der Waals surface area (Å²) in [5, 5.41) is 29.8. The number of methoxy groups -OCH3 is 1. The van der Waals surface area contributed by atoms with E-state index in [0.717, 1.165) is 39.6 Å². The minimum absolute atomic E-state index is 0.101. The molecule has 1 amide bonds. The topological polar surface area (TPSA) is 198 Å². The van der Waals surface area contributed by atoms with E-state index in [1.54, 1.807) is 30.7 Å². The lowest BCUT2D eigenvalue weighted by atomic mass is 10.0. The van der Waals surface area contributed by atoms with Gasteiger partial charge in [0.05, 0.1) is 48.8 Å². The van der Waals surface area contributed by atoms with Crippen molar-refractivity contribution >= 4 is 39.2 Å². The molecule has 4 aromatic heterocycles. The van der Waals surface area contributed by atoms with E-state index in [2.05, 4.69) is 25.3 Å². The van der Waals surface area contributed by atoms with E-state index in [1.165, 1.54) is 19.3 Å². The first-order valence-corrected chi connectivity index (χ1v) is 15.4. The number of aliphatic hydroxyl groups excluding tert-OH is 3. The van der Waals surface area contributed by atoms with E-state index in [1.807, 2.05) is 24.1 Å². The molecule has 0 saturated carbocycles. The molecule has 5 atom stereocenters. The van der Waals surface area contributed by atoms with Crippen LogP contribution in [0.5, 0.6) is 5.88 Å². The van der Waals surface area contributed by atoms with Crippen LogP contribution in [0.1, 0.15) is 22.2 Å². The number of aliphatic hydroxyl groups is 3. The molecule has 0 spiro atoms. The summed E-state index contributed by atoms with van der Waals surface area (Å²) in [5.41, 5.74) is 3.86. The summed E-state index contributed by atoms with van der Waals surface area (Å²) in [6, 6.07) is 5.69. The van der Waals surface area contributed by atoms with Crippen molar-refractivity contribution in [3.8, 4) is 17.3 Å². The molecule has 0 aliphatic carbocycles. The number of carbonyl (C=O) groups excluding carboxylic acids is 1. The summed E-state index contributed by atoms with van der Waals surface area (Å²) in [5.74, 6) is 1.62. The number of thiophene rings is 1. The Morgan fingerprint density at radius 2 is 1.85 bits per heavy atom. The molecule has 2 aliphatic rings. The van der Waals surface area contributed by atoms with Crippen LogP contribution in [0, 0.1) is 0 Å². The monoisotopic (exact) mass is 654 g/mol. The van der Waals surface area contributed by atoms with Gasteiger partial charge in [-0.05, 0) is 19.1 Å². The standard InChI is InChI=1S/C29H34N8O8S/c1-15-21(38)22(39)23(40)28(44-15)45-35-27(41)17-12-31-29(32-13-17)36(2)14-18-10-19-24(46-18)26(37-6-8-43-9-7-37)34-25(33-19)16-4-5-20(42-3)30-11-16/h4-5,10-13,15,21-23,28,38-40H,6-9,14H2,1-3H3,(H,35,41)/t15-,21+,22+,23-,28-/m0/s1. The normalized spacial score (nSPS) is 23.3. The number of pyridine rings is 1. The second-order valence-corrected chi connectivity index (χ2v) is 12.0. The average Bonchev–Trinajstić information content (AvgIpc) is 3.50. The first-order chi connectivity index (χ1) is 22.2. The van der Waals surface area contributed by atoms with Crippen molar-refractivity contribution in [1.29, 1.82) is 0 Å². The Bertz CT molecular complexity index is 1650. The summed E-state index contributed by atoms with van der Waals surface area (Å²) >= 11 is 1.59. The Morgan fingerprint density at radius 3 is 2.54 bits per heavy atom. The molecule has 4 N–H and O–H groups in total. The second-order valence-electron chi connectivity index (χ2n) is 10.8. The zero-order chi connectivity index (χ0) is 32.4. The molecule has 16 nitrogen and oxygen atoms in total. The number of nitrogens with zero attached hydrogens (tertiary/aromatic N) is 7. The molecule has 6 heterocycles. The van der Waals surface area contributed by atoms with Gasteiger partial charge in [-0.3, -0.25) is 4.79 Å². The number of carbonyl (C=O) groups is 1. The van der Waals surface area contributed by atoms with Crippen molar-refractivity contribution in [2.24, 2.45) is 0 Å². The van der Waals surface area contributed by atoms with Gasteiger partial charge in [0.25, 0.3) is 5.91 Å². The molecule has 17 heteroatoms. The van der Waals surface area contributed by atoms with Gasteiger partial charge < -0.3 is 39.3 Å². The number of hydroxylamine groups is 1. The lowest BCUT2D eigenvalue weighted by Crippen LogP contribution is -2.58. The van der Waals surface area contributed by atoms with Gasteiger partial charge in [-0.15, -0.1) is 11.3 Å². The highest BCUT2D eigenvalue weighted by molar-refractivity contribution is 7.19. The largest absolute Gasteiger partial charge is 0.481 e. The molecule has 0 unspecified atom stereocenters. The number of hydrogen-bond acceptors (Lipinski definition) is 16. The fourth-order valence-electron chi connectivity index (χ4n) is 5.02. The fourth-order valence-corrected chi connectivity index (χ4v) is 6.18. The lowest BCUT2D eigenvalue weighted by Gasteiger charge is -2.38. The van der Waals surface area contributed by atoms with E-state index >= 15 is 0 Å². The first kappa shape index (κ1) is 31.9. The minimum atomic E-state index is -1.56. The van der Waals surface area contributed by atoms with Crippen LogP contribution in [-0.4, -0.2) is 117 Å². The van der Waals surface area contributed by atoms with E-state index in [-0.39, 0.29) is 5.56 Å². The number of hydrogen-bond donors (Lipinski definition) is 4. The second kappa shape index (κ2) is 13.7. The number of amides is 1. The van der Waals surface area contributed by atoms with Gasteiger partial charge in [0, 0.05) is 55.2 Å². The predicted molar refractivity (Wildman–Crippen MR) is 165 cm³/mol. The summed E-state index contributed by atoms with van der Waals surface area (Å²) < 4.78 is 17.0. The van der Waals surface area contributed by atoms with Crippen LogP contribution in [0.3, 0.4) is 0 Å². The molecule has 0 radical (unpaired) electrons. The van der Waals surface area contributed by atoms with Crippen LogP contribution < -0.4 is 20.0 Å². The molecular weight excluding hydrogens is 620 g/mol. The molecule has 0 bridgehead atoms. The fraction of sp³-hybridized carbons (Fsp3) is 0.448. The van der Waals surface area contributed by atoms with Crippen molar-refractivity contribution < 1.29 is 39.2 Å². The van der Waals surface area contributed by atoms with Crippen LogP contribution >= 0.6 is 11.3 Å². The van der Waals surface area contributed by atoms with Crippen molar-refractivity contribution in [2.75, 3.05) is 50.3 Å². The zero-order valence-corrected chi connectivity index (χ0v) is 26.1. The third-order valence-corrected chi connectivity index (χ3v) is 8.74. The minimum Gasteiger partial charge on any atom is -0.481 e. The van der Waals surface area contributed by atoms with Crippen LogP contribution in [0.4, 0.5) is 11.8 Å².